The zero-order valence-electron chi connectivity index (χ0n) is 20.9. The first-order chi connectivity index (χ1) is 15.4. The highest BCUT2D eigenvalue weighted by Crippen LogP contribution is 2.39. The van der Waals surface area contributed by atoms with Gasteiger partial charge in [0.05, 0.1) is 23.8 Å². The minimum absolute atomic E-state index is 0.300. The average molecular weight is 469 g/mol. The van der Waals surface area contributed by atoms with E-state index in [0.29, 0.717) is 37.1 Å². The molecule has 5 nitrogen and oxygen atoms in total. The van der Waals surface area contributed by atoms with Gasteiger partial charge in [-0.1, -0.05) is 58.9 Å². The van der Waals surface area contributed by atoms with Crippen molar-refractivity contribution in [2.45, 2.75) is 57.8 Å². The summed E-state index contributed by atoms with van der Waals surface area (Å²) < 4.78 is 36.7. The molecule has 0 amide bonds. The molecule has 4 rings (SSSR count). The van der Waals surface area contributed by atoms with Crippen molar-refractivity contribution < 1.29 is 13.2 Å². The van der Waals surface area contributed by atoms with Crippen LogP contribution in [0.2, 0.25) is 0 Å². The zero-order chi connectivity index (χ0) is 24.1. The van der Waals surface area contributed by atoms with E-state index in [1.165, 1.54) is 22.0 Å². The molecule has 0 unspecified atom stereocenters. The lowest BCUT2D eigenvalue weighted by molar-refractivity contribution is 0.0730. The SMILES string of the molecule is Cc1c(-c2ccc(C(C)(C)C)c(S(=O)(=O)N3CCOCC3)c2)n(C)c2cccc(C(C)C)c12. The Bertz CT molecular complexity index is 1290. The molecule has 178 valence electrons. The summed E-state index contributed by atoms with van der Waals surface area (Å²) in [5.74, 6) is 0.406. The Labute approximate surface area is 198 Å². The highest BCUT2D eigenvalue weighted by Gasteiger charge is 2.32. The van der Waals surface area contributed by atoms with E-state index in [-0.39, 0.29) is 5.41 Å². The average Bonchev–Trinajstić information content (AvgIpc) is 3.03. The van der Waals surface area contributed by atoms with Crippen LogP contribution < -0.4 is 0 Å². The van der Waals surface area contributed by atoms with Gasteiger partial charge in [-0.25, -0.2) is 8.42 Å². The second-order valence-electron chi connectivity index (χ2n) is 10.4. The van der Waals surface area contributed by atoms with Gasteiger partial charge in [0, 0.05) is 31.0 Å². The van der Waals surface area contributed by atoms with E-state index in [2.05, 4.69) is 77.4 Å². The highest BCUT2D eigenvalue weighted by molar-refractivity contribution is 7.89. The quantitative estimate of drug-likeness (QED) is 0.501. The number of aryl methyl sites for hydroxylation is 2. The van der Waals surface area contributed by atoms with Crippen LogP contribution in [0.4, 0.5) is 0 Å². The molecule has 2 aromatic carbocycles. The molecule has 0 N–H and O–H groups in total. The van der Waals surface area contributed by atoms with E-state index in [1.54, 1.807) is 4.31 Å². The smallest absolute Gasteiger partial charge is 0.243 e. The monoisotopic (exact) mass is 468 g/mol. The minimum atomic E-state index is -3.64. The first kappa shape index (κ1) is 24.0. The molecule has 0 radical (unpaired) electrons. The second kappa shape index (κ2) is 8.57. The zero-order valence-corrected chi connectivity index (χ0v) is 21.7. The summed E-state index contributed by atoms with van der Waals surface area (Å²) in [6.45, 7) is 14.4. The molecular formula is C27H36N2O3S. The number of aromatic nitrogens is 1. The molecule has 0 spiro atoms. The van der Waals surface area contributed by atoms with Crippen LogP contribution in [0, 0.1) is 6.92 Å². The summed E-state index contributed by atoms with van der Waals surface area (Å²) >= 11 is 0. The van der Waals surface area contributed by atoms with Crippen LogP contribution in [-0.2, 0) is 27.2 Å². The number of fused-ring (bicyclic) bond motifs is 1. The molecule has 33 heavy (non-hydrogen) atoms. The number of sulfonamides is 1. The van der Waals surface area contributed by atoms with E-state index in [0.717, 1.165) is 16.8 Å². The molecule has 1 fully saturated rings. The maximum atomic E-state index is 13.8. The fraction of sp³-hybridized carbons (Fsp3) is 0.481. The van der Waals surface area contributed by atoms with Crippen LogP contribution in [0.5, 0.6) is 0 Å². The number of hydrogen-bond donors (Lipinski definition) is 0. The fourth-order valence-corrected chi connectivity index (χ4v) is 6.89. The van der Waals surface area contributed by atoms with Gasteiger partial charge in [0.1, 0.15) is 0 Å². The van der Waals surface area contributed by atoms with E-state index in [9.17, 15) is 8.42 Å². The molecule has 1 aromatic heterocycles. The van der Waals surface area contributed by atoms with Crippen LogP contribution >= 0.6 is 0 Å². The topological polar surface area (TPSA) is 51.5 Å². The fourth-order valence-electron chi connectivity index (χ4n) is 5.06. The number of rotatable bonds is 4. The van der Waals surface area contributed by atoms with E-state index >= 15 is 0 Å². The van der Waals surface area contributed by atoms with Gasteiger partial charge in [0.25, 0.3) is 0 Å². The standard InChI is InChI=1S/C27H36N2O3S/c1-18(2)21-9-8-10-23-25(21)19(3)26(28(23)7)20-11-12-22(27(4,5)6)24(17-20)33(30,31)29-13-15-32-16-14-29/h8-12,17-18H,13-16H2,1-7H3. The van der Waals surface area contributed by atoms with E-state index in [1.807, 2.05) is 12.1 Å². The number of nitrogens with zero attached hydrogens (tertiary/aromatic N) is 2. The summed E-state index contributed by atoms with van der Waals surface area (Å²) in [5, 5.41) is 1.27. The van der Waals surface area contributed by atoms with Crippen molar-refractivity contribution in [1.82, 2.24) is 8.87 Å². The molecule has 0 atom stereocenters. The Morgan fingerprint density at radius 1 is 1.03 bits per heavy atom. The lowest BCUT2D eigenvalue weighted by atomic mass is 9.86. The Balaban J connectivity index is 1.97. The van der Waals surface area contributed by atoms with Crippen LogP contribution in [0.1, 0.15) is 57.2 Å². The number of hydrogen-bond acceptors (Lipinski definition) is 3. The first-order valence-corrected chi connectivity index (χ1v) is 13.2. The molecule has 3 aromatic rings. The van der Waals surface area contributed by atoms with Gasteiger partial charge in [0.15, 0.2) is 0 Å². The molecule has 0 saturated carbocycles. The van der Waals surface area contributed by atoms with E-state index in [4.69, 9.17) is 4.74 Å². The molecular weight excluding hydrogens is 432 g/mol. The normalized spacial score (nSPS) is 16.1. The number of ether oxygens (including phenoxy) is 1. The Hall–Kier alpha value is -2.15. The maximum absolute atomic E-state index is 13.8. The summed E-state index contributed by atoms with van der Waals surface area (Å²) in [7, 11) is -1.57. The third kappa shape index (κ3) is 4.13. The maximum Gasteiger partial charge on any atom is 0.243 e. The van der Waals surface area contributed by atoms with Crippen molar-refractivity contribution in [3.63, 3.8) is 0 Å². The van der Waals surface area contributed by atoms with Crippen molar-refractivity contribution in [3.05, 3.63) is 53.1 Å². The van der Waals surface area contributed by atoms with Crippen molar-refractivity contribution >= 4 is 20.9 Å². The van der Waals surface area contributed by atoms with Crippen LogP contribution in [-0.4, -0.2) is 43.6 Å². The predicted octanol–water partition coefficient (Wildman–Crippen LogP) is 5.60. The van der Waals surface area contributed by atoms with Crippen molar-refractivity contribution in [2.75, 3.05) is 26.3 Å². The number of morpholine rings is 1. The molecule has 0 bridgehead atoms. The van der Waals surface area contributed by atoms with Gasteiger partial charge in [0.2, 0.25) is 10.0 Å². The van der Waals surface area contributed by atoms with Crippen molar-refractivity contribution in [1.29, 1.82) is 0 Å². The number of benzene rings is 2. The van der Waals surface area contributed by atoms with Crippen LogP contribution in [0.25, 0.3) is 22.2 Å². The third-order valence-corrected chi connectivity index (χ3v) is 8.71. The first-order valence-electron chi connectivity index (χ1n) is 11.7. The van der Waals surface area contributed by atoms with Crippen molar-refractivity contribution in [2.24, 2.45) is 7.05 Å². The lowest BCUT2D eigenvalue weighted by Crippen LogP contribution is -2.41. The summed E-state index contributed by atoms with van der Waals surface area (Å²) in [6, 6.07) is 12.4. The predicted molar refractivity (Wildman–Crippen MR) is 135 cm³/mol. The Morgan fingerprint density at radius 3 is 2.30 bits per heavy atom. The Morgan fingerprint density at radius 2 is 1.70 bits per heavy atom. The molecule has 1 aliphatic heterocycles. The molecule has 1 saturated heterocycles. The lowest BCUT2D eigenvalue weighted by Gasteiger charge is -2.30. The Kier molecular flexibility index (Phi) is 6.23. The largest absolute Gasteiger partial charge is 0.379 e. The summed E-state index contributed by atoms with van der Waals surface area (Å²) in [4.78, 5) is 0.406. The van der Waals surface area contributed by atoms with E-state index < -0.39 is 10.0 Å². The summed E-state index contributed by atoms with van der Waals surface area (Å²) in [5.41, 5.74) is 6.22. The highest BCUT2D eigenvalue weighted by atomic mass is 32.2. The van der Waals surface area contributed by atoms with Gasteiger partial charge in [-0.2, -0.15) is 4.31 Å². The molecule has 6 heteroatoms. The molecule has 2 heterocycles. The van der Waals surface area contributed by atoms with Gasteiger partial charge in [-0.3, -0.25) is 0 Å². The van der Waals surface area contributed by atoms with Gasteiger partial charge >= 0.3 is 0 Å². The van der Waals surface area contributed by atoms with Crippen molar-refractivity contribution in [3.8, 4) is 11.3 Å². The van der Waals surface area contributed by atoms with Gasteiger partial charge in [-0.05, 0) is 52.6 Å². The third-order valence-electron chi connectivity index (χ3n) is 6.77. The van der Waals surface area contributed by atoms with Gasteiger partial charge in [-0.15, -0.1) is 0 Å². The molecule has 0 aliphatic carbocycles. The van der Waals surface area contributed by atoms with Crippen LogP contribution in [0.3, 0.4) is 0 Å². The molecule has 1 aliphatic rings. The van der Waals surface area contributed by atoms with Crippen LogP contribution in [0.15, 0.2) is 41.3 Å². The summed E-state index contributed by atoms with van der Waals surface area (Å²) in [6.07, 6.45) is 0. The van der Waals surface area contributed by atoms with Gasteiger partial charge < -0.3 is 9.30 Å². The second-order valence-corrected chi connectivity index (χ2v) is 12.3. The minimum Gasteiger partial charge on any atom is -0.379 e.